The molecule has 0 spiro atoms. The van der Waals surface area contributed by atoms with Gasteiger partial charge in [-0.25, -0.2) is 0 Å². The van der Waals surface area contributed by atoms with Gasteiger partial charge in [0.25, 0.3) is 0 Å². The third kappa shape index (κ3) is 3.09. The van der Waals surface area contributed by atoms with Gasteiger partial charge in [0, 0.05) is 25.1 Å². The molecule has 1 heterocycles. The predicted octanol–water partition coefficient (Wildman–Crippen LogP) is 0.955. The molecule has 4 heteroatoms. The lowest BCUT2D eigenvalue weighted by Crippen LogP contribution is -2.31. The van der Waals surface area contributed by atoms with Crippen LogP contribution in [0, 0.1) is 0 Å². The van der Waals surface area contributed by atoms with Crippen molar-refractivity contribution >= 4 is 5.78 Å². The van der Waals surface area contributed by atoms with E-state index in [-0.39, 0.29) is 5.78 Å². The van der Waals surface area contributed by atoms with Crippen molar-refractivity contribution < 1.29 is 9.53 Å². The number of nitrogens with one attached hydrogen (secondary N) is 1. The molecule has 0 amide bonds. The Hall–Kier alpha value is -1.39. The zero-order chi connectivity index (χ0) is 13.0. The standard InChI is InChI=1S/C14H20N2O2/c1-15-6-7-16(2)10-13(17)11-3-4-14-12(9-11)5-8-18-14/h3-4,9,15H,5-8,10H2,1-2H3. The Morgan fingerprint density at radius 3 is 3.11 bits per heavy atom. The van der Waals surface area contributed by atoms with Crippen LogP contribution in [0.2, 0.25) is 0 Å². The summed E-state index contributed by atoms with van der Waals surface area (Å²) in [4.78, 5) is 14.1. The third-order valence-corrected chi connectivity index (χ3v) is 3.17. The van der Waals surface area contributed by atoms with Gasteiger partial charge in [-0.1, -0.05) is 0 Å². The van der Waals surface area contributed by atoms with Crippen LogP contribution in [0.25, 0.3) is 0 Å². The lowest BCUT2D eigenvalue weighted by Gasteiger charge is -2.15. The van der Waals surface area contributed by atoms with Crippen molar-refractivity contribution in [3.05, 3.63) is 29.3 Å². The largest absolute Gasteiger partial charge is 0.493 e. The number of ether oxygens (including phenoxy) is 1. The topological polar surface area (TPSA) is 41.6 Å². The Kier molecular flexibility index (Phi) is 4.33. The zero-order valence-corrected chi connectivity index (χ0v) is 11.0. The first kappa shape index (κ1) is 13.1. The predicted molar refractivity (Wildman–Crippen MR) is 71.4 cm³/mol. The molecule has 1 aromatic rings. The number of carbonyl (C=O) groups is 1. The Morgan fingerprint density at radius 2 is 2.33 bits per heavy atom. The van der Waals surface area contributed by atoms with Crippen LogP contribution in [0.5, 0.6) is 5.75 Å². The van der Waals surface area contributed by atoms with Crippen LogP contribution in [-0.2, 0) is 6.42 Å². The highest BCUT2D eigenvalue weighted by molar-refractivity contribution is 5.98. The molecule has 18 heavy (non-hydrogen) atoms. The van der Waals surface area contributed by atoms with Crippen molar-refractivity contribution in [2.45, 2.75) is 6.42 Å². The highest BCUT2D eigenvalue weighted by atomic mass is 16.5. The summed E-state index contributed by atoms with van der Waals surface area (Å²) in [6.45, 7) is 2.95. The van der Waals surface area contributed by atoms with Crippen LogP contribution in [-0.4, -0.2) is 51.0 Å². The fourth-order valence-corrected chi connectivity index (χ4v) is 2.08. The molecular weight excluding hydrogens is 228 g/mol. The minimum absolute atomic E-state index is 0.170. The zero-order valence-electron chi connectivity index (χ0n) is 11.0. The Bertz CT molecular complexity index is 432. The maximum absolute atomic E-state index is 12.1. The maximum atomic E-state index is 12.1. The molecule has 0 unspecified atom stereocenters. The van der Waals surface area contributed by atoms with Crippen molar-refractivity contribution in [3.8, 4) is 5.75 Å². The molecule has 0 atom stereocenters. The summed E-state index contributed by atoms with van der Waals surface area (Å²) in [5.74, 6) is 1.10. The quantitative estimate of drug-likeness (QED) is 0.761. The minimum Gasteiger partial charge on any atom is -0.493 e. The summed E-state index contributed by atoms with van der Waals surface area (Å²) < 4.78 is 5.44. The SMILES string of the molecule is CNCCN(C)CC(=O)c1ccc2c(c1)CCO2. The summed E-state index contributed by atoms with van der Waals surface area (Å²) in [7, 11) is 3.88. The van der Waals surface area contributed by atoms with E-state index >= 15 is 0 Å². The Balaban J connectivity index is 1.96. The lowest BCUT2D eigenvalue weighted by atomic mass is 10.1. The molecule has 0 fully saturated rings. The molecule has 0 bridgehead atoms. The van der Waals surface area contributed by atoms with Gasteiger partial charge in [-0.15, -0.1) is 0 Å². The van der Waals surface area contributed by atoms with Crippen LogP contribution >= 0.6 is 0 Å². The number of Topliss-reactive ketones (excluding diaryl/α,β-unsaturated/α-hetero) is 1. The molecule has 98 valence electrons. The van der Waals surface area contributed by atoms with E-state index in [0.29, 0.717) is 6.54 Å². The van der Waals surface area contributed by atoms with Crippen LogP contribution in [0.1, 0.15) is 15.9 Å². The molecule has 0 radical (unpaired) electrons. The van der Waals surface area contributed by atoms with Gasteiger partial charge >= 0.3 is 0 Å². The van der Waals surface area contributed by atoms with Crippen molar-refractivity contribution in [3.63, 3.8) is 0 Å². The molecule has 2 rings (SSSR count). The molecule has 1 N–H and O–H groups in total. The van der Waals surface area contributed by atoms with Crippen molar-refractivity contribution in [1.82, 2.24) is 10.2 Å². The number of nitrogens with zero attached hydrogens (tertiary/aromatic N) is 1. The molecule has 1 aromatic carbocycles. The van der Waals surface area contributed by atoms with Crippen molar-refractivity contribution in [2.24, 2.45) is 0 Å². The van der Waals surface area contributed by atoms with Gasteiger partial charge in [0.2, 0.25) is 0 Å². The smallest absolute Gasteiger partial charge is 0.176 e. The maximum Gasteiger partial charge on any atom is 0.176 e. The van der Waals surface area contributed by atoms with E-state index in [1.807, 2.05) is 37.2 Å². The second-order valence-corrected chi connectivity index (χ2v) is 4.69. The van der Waals surface area contributed by atoms with E-state index in [2.05, 4.69) is 5.32 Å². The van der Waals surface area contributed by atoms with E-state index in [0.717, 1.165) is 43.0 Å². The number of fused-ring (bicyclic) bond motifs is 1. The highest BCUT2D eigenvalue weighted by Crippen LogP contribution is 2.25. The van der Waals surface area contributed by atoms with E-state index < -0.39 is 0 Å². The van der Waals surface area contributed by atoms with Gasteiger partial charge in [0.15, 0.2) is 5.78 Å². The highest BCUT2D eigenvalue weighted by Gasteiger charge is 2.15. The van der Waals surface area contributed by atoms with Gasteiger partial charge < -0.3 is 10.1 Å². The van der Waals surface area contributed by atoms with E-state index in [1.165, 1.54) is 0 Å². The molecule has 0 saturated carbocycles. The second kappa shape index (κ2) is 5.98. The molecule has 0 aliphatic carbocycles. The number of hydrogen-bond donors (Lipinski definition) is 1. The van der Waals surface area contributed by atoms with Crippen LogP contribution < -0.4 is 10.1 Å². The van der Waals surface area contributed by atoms with Crippen LogP contribution in [0.15, 0.2) is 18.2 Å². The first-order valence-corrected chi connectivity index (χ1v) is 6.33. The Labute approximate surface area is 108 Å². The number of benzene rings is 1. The van der Waals surface area contributed by atoms with Crippen molar-refractivity contribution in [1.29, 1.82) is 0 Å². The van der Waals surface area contributed by atoms with Gasteiger partial charge in [0.1, 0.15) is 5.75 Å². The number of rotatable bonds is 6. The summed E-state index contributed by atoms with van der Waals surface area (Å²) in [6, 6.07) is 5.73. The fourth-order valence-electron chi connectivity index (χ4n) is 2.08. The van der Waals surface area contributed by atoms with Gasteiger partial charge in [-0.05, 0) is 37.9 Å². The summed E-state index contributed by atoms with van der Waals surface area (Å²) >= 11 is 0. The van der Waals surface area contributed by atoms with Gasteiger partial charge in [-0.3, -0.25) is 9.69 Å². The molecule has 0 aromatic heterocycles. The fraction of sp³-hybridized carbons (Fsp3) is 0.500. The van der Waals surface area contributed by atoms with Crippen LogP contribution in [0.3, 0.4) is 0 Å². The monoisotopic (exact) mass is 248 g/mol. The molecule has 1 aliphatic heterocycles. The molecule has 4 nitrogen and oxygen atoms in total. The number of ketones is 1. The van der Waals surface area contributed by atoms with E-state index in [9.17, 15) is 4.79 Å². The molecule has 1 aliphatic rings. The number of carbonyl (C=O) groups excluding carboxylic acids is 1. The minimum atomic E-state index is 0.170. The summed E-state index contributed by atoms with van der Waals surface area (Å²) in [6.07, 6.45) is 0.909. The molecular formula is C14H20N2O2. The van der Waals surface area contributed by atoms with E-state index in [4.69, 9.17) is 4.74 Å². The van der Waals surface area contributed by atoms with Gasteiger partial charge in [0.05, 0.1) is 13.2 Å². The van der Waals surface area contributed by atoms with Crippen molar-refractivity contribution in [2.75, 3.05) is 40.3 Å². The average molecular weight is 248 g/mol. The number of hydrogen-bond acceptors (Lipinski definition) is 4. The first-order valence-electron chi connectivity index (χ1n) is 6.33. The van der Waals surface area contributed by atoms with Gasteiger partial charge in [-0.2, -0.15) is 0 Å². The normalized spacial score (nSPS) is 13.5. The third-order valence-electron chi connectivity index (χ3n) is 3.17. The first-order chi connectivity index (χ1) is 8.70. The summed E-state index contributed by atoms with van der Waals surface area (Å²) in [5, 5.41) is 3.08. The van der Waals surface area contributed by atoms with Crippen LogP contribution in [0.4, 0.5) is 0 Å². The second-order valence-electron chi connectivity index (χ2n) is 4.69. The average Bonchev–Trinajstić information content (AvgIpc) is 2.83. The summed E-state index contributed by atoms with van der Waals surface area (Å²) in [5.41, 5.74) is 1.94. The molecule has 0 saturated heterocycles. The Morgan fingerprint density at radius 1 is 1.50 bits per heavy atom. The lowest BCUT2D eigenvalue weighted by molar-refractivity contribution is 0.0947. The number of likely N-dealkylation sites (N-methyl/N-ethyl adjacent to an activating group) is 2. The van der Waals surface area contributed by atoms with E-state index in [1.54, 1.807) is 0 Å².